The molecule has 1 aliphatic rings. The molecule has 1 N–H and O–H groups in total. The Bertz CT molecular complexity index is 128. The molecule has 0 aromatic rings. The molecular formula is C9H16O2. The Morgan fingerprint density at radius 2 is 2.27 bits per heavy atom. The molecule has 0 aromatic heterocycles. The first-order valence-corrected chi connectivity index (χ1v) is 4.24. The summed E-state index contributed by atoms with van der Waals surface area (Å²) < 4.78 is 5.28. The maximum absolute atomic E-state index is 9.08. The molecule has 0 amide bonds. The van der Waals surface area contributed by atoms with Crippen LogP contribution in [-0.2, 0) is 4.74 Å². The number of ether oxygens (including phenoxy) is 1. The number of hydrogen-bond donors (Lipinski definition) is 1. The van der Waals surface area contributed by atoms with Crippen molar-refractivity contribution < 1.29 is 9.84 Å². The lowest BCUT2D eigenvalue weighted by Crippen LogP contribution is -1.97. The zero-order valence-corrected chi connectivity index (χ0v) is 7.05. The molecule has 0 spiro atoms. The first-order chi connectivity index (χ1) is 5.29. The van der Waals surface area contributed by atoms with Crippen LogP contribution in [0.2, 0.25) is 0 Å². The van der Waals surface area contributed by atoms with Crippen molar-refractivity contribution in [3.63, 3.8) is 0 Å². The van der Waals surface area contributed by atoms with Crippen molar-refractivity contribution in [3.8, 4) is 0 Å². The molecule has 1 unspecified atom stereocenters. The second-order valence-corrected chi connectivity index (χ2v) is 3.03. The Morgan fingerprint density at radius 1 is 1.45 bits per heavy atom. The first kappa shape index (κ1) is 8.75. The summed E-state index contributed by atoms with van der Waals surface area (Å²) in [5.74, 6) is 0. The van der Waals surface area contributed by atoms with Crippen LogP contribution in [0.5, 0.6) is 0 Å². The van der Waals surface area contributed by atoms with Crippen molar-refractivity contribution in [1.82, 2.24) is 0 Å². The standard InChI is InChI=1S/C9H16O2/c1-8(10)7-9-3-2-5-11-6-4-9/h7-8,10H,2-6H2,1H3/b9-7-. The average molecular weight is 156 g/mol. The van der Waals surface area contributed by atoms with E-state index in [4.69, 9.17) is 9.84 Å². The predicted molar refractivity (Wildman–Crippen MR) is 44.4 cm³/mol. The van der Waals surface area contributed by atoms with Crippen LogP contribution in [0.15, 0.2) is 11.6 Å². The van der Waals surface area contributed by atoms with Gasteiger partial charge in [-0.05, 0) is 26.2 Å². The smallest absolute Gasteiger partial charge is 0.0695 e. The zero-order chi connectivity index (χ0) is 8.10. The number of aliphatic hydroxyl groups is 1. The molecule has 0 saturated carbocycles. The third-order valence-electron chi connectivity index (χ3n) is 1.83. The fraction of sp³-hybridized carbons (Fsp3) is 0.778. The molecule has 11 heavy (non-hydrogen) atoms. The van der Waals surface area contributed by atoms with Gasteiger partial charge in [-0.25, -0.2) is 0 Å². The highest BCUT2D eigenvalue weighted by Crippen LogP contribution is 2.14. The van der Waals surface area contributed by atoms with Crippen LogP contribution in [0.1, 0.15) is 26.2 Å². The van der Waals surface area contributed by atoms with Gasteiger partial charge in [-0.1, -0.05) is 11.6 Å². The molecule has 1 rings (SSSR count). The van der Waals surface area contributed by atoms with Crippen molar-refractivity contribution in [1.29, 1.82) is 0 Å². The zero-order valence-electron chi connectivity index (χ0n) is 7.05. The number of hydrogen-bond acceptors (Lipinski definition) is 2. The van der Waals surface area contributed by atoms with E-state index in [1.165, 1.54) is 5.57 Å². The van der Waals surface area contributed by atoms with Gasteiger partial charge in [0.25, 0.3) is 0 Å². The van der Waals surface area contributed by atoms with Crippen LogP contribution in [0.3, 0.4) is 0 Å². The van der Waals surface area contributed by atoms with E-state index < -0.39 is 0 Å². The van der Waals surface area contributed by atoms with Crippen molar-refractivity contribution in [2.24, 2.45) is 0 Å². The molecule has 1 fully saturated rings. The van der Waals surface area contributed by atoms with E-state index in [0.29, 0.717) is 0 Å². The normalized spacial score (nSPS) is 26.5. The lowest BCUT2D eigenvalue weighted by atomic mass is 10.1. The third kappa shape index (κ3) is 3.54. The molecule has 64 valence electrons. The van der Waals surface area contributed by atoms with E-state index >= 15 is 0 Å². The van der Waals surface area contributed by atoms with Crippen LogP contribution in [0.25, 0.3) is 0 Å². The molecule has 0 radical (unpaired) electrons. The Morgan fingerprint density at radius 3 is 3.00 bits per heavy atom. The lowest BCUT2D eigenvalue weighted by molar-refractivity contribution is 0.146. The van der Waals surface area contributed by atoms with Crippen LogP contribution in [0.4, 0.5) is 0 Å². The van der Waals surface area contributed by atoms with Gasteiger partial charge in [0, 0.05) is 6.61 Å². The molecule has 0 bridgehead atoms. The van der Waals surface area contributed by atoms with E-state index in [2.05, 4.69) is 0 Å². The van der Waals surface area contributed by atoms with Crippen LogP contribution in [0, 0.1) is 0 Å². The van der Waals surface area contributed by atoms with E-state index in [0.717, 1.165) is 32.5 Å². The van der Waals surface area contributed by atoms with E-state index in [-0.39, 0.29) is 6.10 Å². The van der Waals surface area contributed by atoms with Crippen LogP contribution in [-0.4, -0.2) is 24.4 Å². The van der Waals surface area contributed by atoms with Gasteiger partial charge in [0.2, 0.25) is 0 Å². The average Bonchev–Trinajstić information content (AvgIpc) is 2.14. The van der Waals surface area contributed by atoms with Crippen molar-refractivity contribution in [2.45, 2.75) is 32.3 Å². The summed E-state index contributed by atoms with van der Waals surface area (Å²) in [5.41, 5.74) is 1.34. The fourth-order valence-electron chi connectivity index (χ4n) is 1.34. The number of aliphatic hydroxyl groups excluding tert-OH is 1. The van der Waals surface area contributed by atoms with Gasteiger partial charge < -0.3 is 9.84 Å². The summed E-state index contributed by atoms with van der Waals surface area (Å²) in [6.07, 6.45) is 4.81. The second-order valence-electron chi connectivity index (χ2n) is 3.03. The summed E-state index contributed by atoms with van der Waals surface area (Å²) in [7, 11) is 0. The largest absolute Gasteiger partial charge is 0.389 e. The highest BCUT2D eigenvalue weighted by molar-refractivity contribution is 5.05. The van der Waals surface area contributed by atoms with E-state index in [1.807, 2.05) is 6.08 Å². The molecule has 0 aliphatic carbocycles. The molecular weight excluding hydrogens is 140 g/mol. The minimum Gasteiger partial charge on any atom is -0.389 e. The number of rotatable bonds is 1. The minimum atomic E-state index is -0.303. The van der Waals surface area contributed by atoms with Gasteiger partial charge in [0.05, 0.1) is 12.7 Å². The van der Waals surface area contributed by atoms with Crippen LogP contribution >= 0.6 is 0 Å². The van der Waals surface area contributed by atoms with Crippen molar-refractivity contribution >= 4 is 0 Å². The maximum Gasteiger partial charge on any atom is 0.0695 e. The fourth-order valence-corrected chi connectivity index (χ4v) is 1.34. The summed E-state index contributed by atoms with van der Waals surface area (Å²) >= 11 is 0. The maximum atomic E-state index is 9.08. The van der Waals surface area contributed by atoms with Crippen molar-refractivity contribution in [3.05, 3.63) is 11.6 Å². The predicted octanol–water partition coefficient (Wildman–Crippen LogP) is 1.49. The SMILES string of the molecule is CC(O)/C=C1/CCCOCC1. The van der Waals surface area contributed by atoms with Gasteiger partial charge in [-0.2, -0.15) is 0 Å². The monoisotopic (exact) mass is 156 g/mol. The molecule has 2 nitrogen and oxygen atoms in total. The Hall–Kier alpha value is -0.340. The van der Waals surface area contributed by atoms with Gasteiger partial charge >= 0.3 is 0 Å². The molecule has 1 heterocycles. The lowest BCUT2D eigenvalue weighted by Gasteiger charge is -2.02. The van der Waals surface area contributed by atoms with Gasteiger partial charge in [0.1, 0.15) is 0 Å². The summed E-state index contributed by atoms with van der Waals surface area (Å²) in [6, 6.07) is 0. The highest BCUT2D eigenvalue weighted by Gasteiger charge is 2.04. The summed E-state index contributed by atoms with van der Waals surface area (Å²) in [4.78, 5) is 0. The summed E-state index contributed by atoms with van der Waals surface area (Å²) in [6.45, 7) is 3.48. The molecule has 1 atom stereocenters. The van der Waals surface area contributed by atoms with E-state index in [9.17, 15) is 0 Å². The Labute approximate surface area is 67.9 Å². The highest BCUT2D eigenvalue weighted by atomic mass is 16.5. The third-order valence-corrected chi connectivity index (χ3v) is 1.83. The molecule has 2 heteroatoms. The molecule has 1 aliphatic heterocycles. The Balaban J connectivity index is 2.42. The van der Waals surface area contributed by atoms with E-state index in [1.54, 1.807) is 6.92 Å². The van der Waals surface area contributed by atoms with Gasteiger partial charge in [-0.15, -0.1) is 0 Å². The van der Waals surface area contributed by atoms with Gasteiger partial charge in [0.15, 0.2) is 0 Å². The molecule has 1 saturated heterocycles. The summed E-state index contributed by atoms with van der Waals surface area (Å²) in [5, 5.41) is 9.08. The minimum absolute atomic E-state index is 0.303. The quantitative estimate of drug-likeness (QED) is 0.583. The Kier molecular flexibility index (Phi) is 3.60. The first-order valence-electron chi connectivity index (χ1n) is 4.24. The second kappa shape index (κ2) is 4.52. The molecule has 0 aromatic carbocycles. The van der Waals surface area contributed by atoms with Crippen molar-refractivity contribution in [2.75, 3.05) is 13.2 Å². The van der Waals surface area contributed by atoms with Gasteiger partial charge in [-0.3, -0.25) is 0 Å². The topological polar surface area (TPSA) is 29.5 Å². The van der Waals surface area contributed by atoms with Crippen LogP contribution < -0.4 is 0 Å².